The number of anilines is 1. The molecule has 0 fully saturated rings. The topological polar surface area (TPSA) is 63.2 Å². The third kappa shape index (κ3) is 1.77. The van der Waals surface area contributed by atoms with E-state index in [9.17, 15) is 5.21 Å². The first-order valence-electron chi connectivity index (χ1n) is 6.34. The Morgan fingerprint density at radius 3 is 2.45 bits per heavy atom. The largest absolute Gasteiger partial charge is 0.805 e. The fraction of sp³-hybridized carbons (Fsp3) is 0.125. The molecule has 0 radical (unpaired) electrons. The van der Waals surface area contributed by atoms with E-state index in [1.807, 2.05) is 31.2 Å². The molecule has 0 atom stereocenters. The van der Waals surface area contributed by atoms with E-state index >= 15 is 0 Å². The Morgan fingerprint density at radius 2 is 1.80 bits per heavy atom. The fourth-order valence-electron chi connectivity index (χ4n) is 2.50. The van der Waals surface area contributed by atoms with Crippen molar-refractivity contribution in [2.75, 3.05) is 12.8 Å². The first-order valence-corrected chi connectivity index (χ1v) is 6.34. The van der Waals surface area contributed by atoms with Crippen LogP contribution in [0.15, 0.2) is 42.5 Å². The minimum Gasteiger partial charge on any atom is -0.805 e. The third-order valence-corrected chi connectivity index (χ3v) is 3.57. The van der Waals surface area contributed by atoms with Crippen molar-refractivity contribution in [3.8, 4) is 17.0 Å². The van der Waals surface area contributed by atoms with Crippen LogP contribution in [0.25, 0.3) is 22.2 Å². The molecule has 2 N–H and O–H groups in total. The molecular formula is C16H15N2O2-. The zero-order valence-electron chi connectivity index (χ0n) is 11.4. The Balaban J connectivity index is 2.28. The molecule has 102 valence electrons. The molecular weight excluding hydrogens is 252 g/mol. The molecule has 0 saturated carbocycles. The summed E-state index contributed by atoms with van der Waals surface area (Å²) >= 11 is 0. The van der Waals surface area contributed by atoms with Gasteiger partial charge in [-0.25, -0.2) is 0 Å². The van der Waals surface area contributed by atoms with Gasteiger partial charge in [-0.2, -0.15) is 0 Å². The average Bonchev–Trinajstić information content (AvgIpc) is 2.72. The Bertz CT molecular complexity index is 773. The summed E-state index contributed by atoms with van der Waals surface area (Å²) in [6.45, 7) is 1.95. The number of fused-ring (bicyclic) bond motifs is 1. The van der Waals surface area contributed by atoms with Crippen LogP contribution in [0.4, 0.5) is 5.69 Å². The number of methoxy groups -OCH3 is 1. The Hall–Kier alpha value is -2.62. The first kappa shape index (κ1) is 12.4. The molecule has 0 unspecified atom stereocenters. The molecule has 3 aromatic rings. The Labute approximate surface area is 117 Å². The molecule has 0 aliphatic rings. The first-order chi connectivity index (χ1) is 9.61. The fourth-order valence-corrected chi connectivity index (χ4v) is 2.50. The molecule has 0 bridgehead atoms. The van der Waals surface area contributed by atoms with Crippen molar-refractivity contribution in [2.24, 2.45) is 0 Å². The molecule has 0 amide bonds. The van der Waals surface area contributed by atoms with Gasteiger partial charge in [-0.3, -0.25) is 0 Å². The number of rotatable bonds is 2. The lowest BCUT2D eigenvalue weighted by atomic mass is 10.1. The minimum atomic E-state index is 0.619. The van der Waals surface area contributed by atoms with Gasteiger partial charge < -0.3 is 20.4 Å². The second kappa shape index (κ2) is 4.49. The highest BCUT2D eigenvalue weighted by molar-refractivity contribution is 5.92. The van der Waals surface area contributed by atoms with Gasteiger partial charge in [-0.15, -0.1) is 0 Å². The van der Waals surface area contributed by atoms with Gasteiger partial charge in [0.15, 0.2) is 0 Å². The SMILES string of the molecule is COc1ccc2c(C)c(-c3ccc(N)cc3)n([O-])c2c1. The van der Waals surface area contributed by atoms with Crippen LogP contribution in [0.3, 0.4) is 0 Å². The normalized spacial score (nSPS) is 10.9. The van der Waals surface area contributed by atoms with E-state index in [4.69, 9.17) is 10.5 Å². The number of hydrogen-bond acceptors (Lipinski definition) is 3. The lowest BCUT2D eigenvalue weighted by Crippen LogP contribution is -1.92. The van der Waals surface area contributed by atoms with Gasteiger partial charge in [0.1, 0.15) is 5.75 Å². The summed E-state index contributed by atoms with van der Waals surface area (Å²) in [5, 5.41) is 13.5. The number of nitrogens with two attached hydrogens (primary N) is 1. The van der Waals surface area contributed by atoms with Crippen molar-refractivity contribution in [1.82, 2.24) is 4.73 Å². The van der Waals surface area contributed by atoms with Gasteiger partial charge in [0.25, 0.3) is 0 Å². The maximum absolute atomic E-state index is 12.5. The van der Waals surface area contributed by atoms with E-state index in [0.29, 0.717) is 22.6 Å². The van der Waals surface area contributed by atoms with Crippen molar-refractivity contribution < 1.29 is 4.74 Å². The minimum absolute atomic E-state index is 0.619. The van der Waals surface area contributed by atoms with E-state index in [1.165, 1.54) is 0 Å². The summed E-state index contributed by atoms with van der Waals surface area (Å²) in [4.78, 5) is 0. The van der Waals surface area contributed by atoms with Crippen LogP contribution in [0.1, 0.15) is 5.56 Å². The maximum atomic E-state index is 12.5. The summed E-state index contributed by atoms with van der Waals surface area (Å²) in [5.74, 6) is 0.677. The van der Waals surface area contributed by atoms with Gasteiger partial charge in [0.05, 0.1) is 7.11 Å². The molecule has 0 spiro atoms. The van der Waals surface area contributed by atoms with Crippen LogP contribution in [0, 0.1) is 12.1 Å². The molecule has 0 saturated heterocycles. The standard InChI is InChI=1S/C16H15N2O2/c1-10-14-8-7-13(20-2)9-15(14)18(19)16(10)11-3-5-12(17)6-4-11/h3-9H,17H2,1-2H3/q-1. The van der Waals surface area contributed by atoms with Gasteiger partial charge in [0.2, 0.25) is 0 Å². The Kier molecular flexibility index (Phi) is 2.79. The second-order valence-electron chi connectivity index (χ2n) is 4.77. The smallest absolute Gasteiger partial charge is 0.120 e. The number of benzene rings is 2. The van der Waals surface area contributed by atoms with Crippen LogP contribution in [0.2, 0.25) is 0 Å². The monoisotopic (exact) mass is 267 g/mol. The molecule has 0 aliphatic heterocycles. The van der Waals surface area contributed by atoms with E-state index in [1.54, 1.807) is 25.3 Å². The number of nitrogens with zero attached hydrogens (tertiary/aromatic N) is 1. The maximum Gasteiger partial charge on any atom is 0.120 e. The van der Waals surface area contributed by atoms with Gasteiger partial charge in [0, 0.05) is 28.4 Å². The molecule has 1 aromatic heterocycles. The summed E-state index contributed by atoms with van der Waals surface area (Å²) in [6, 6.07) is 12.9. The number of aryl methyl sites for hydroxylation is 1. The van der Waals surface area contributed by atoms with Crippen LogP contribution >= 0.6 is 0 Å². The molecule has 2 aromatic carbocycles. The van der Waals surface area contributed by atoms with Crippen LogP contribution in [0.5, 0.6) is 5.75 Å². The number of nitrogen functional groups attached to an aromatic ring is 1. The number of aromatic nitrogens is 1. The lowest BCUT2D eigenvalue weighted by molar-refractivity contribution is 0.415. The predicted molar refractivity (Wildman–Crippen MR) is 81.8 cm³/mol. The van der Waals surface area contributed by atoms with E-state index < -0.39 is 0 Å². The summed E-state index contributed by atoms with van der Waals surface area (Å²) in [7, 11) is 1.59. The average molecular weight is 267 g/mol. The molecule has 3 rings (SSSR count). The van der Waals surface area contributed by atoms with Crippen LogP contribution in [-0.4, -0.2) is 11.8 Å². The molecule has 4 heteroatoms. The number of ether oxygens (including phenoxy) is 1. The van der Waals surface area contributed by atoms with Crippen molar-refractivity contribution in [1.29, 1.82) is 0 Å². The van der Waals surface area contributed by atoms with E-state index in [0.717, 1.165) is 21.2 Å². The van der Waals surface area contributed by atoms with Gasteiger partial charge in [-0.1, -0.05) is 12.1 Å². The van der Waals surface area contributed by atoms with Crippen LogP contribution in [-0.2, 0) is 0 Å². The predicted octanol–water partition coefficient (Wildman–Crippen LogP) is 3.55. The second-order valence-corrected chi connectivity index (χ2v) is 4.77. The van der Waals surface area contributed by atoms with Crippen molar-refractivity contribution in [2.45, 2.75) is 6.92 Å². The Morgan fingerprint density at radius 1 is 1.10 bits per heavy atom. The lowest BCUT2D eigenvalue weighted by Gasteiger charge is -2.15. The van der Waals surface area contributed by atoms with E-state index in [2.05, 4.69) is 0 Å². The van der Waals surface area contributed by atoms with Crippen molar-refractivity contribution >= 4 is 16.6 Å². The zero-order chi connectivity index (χ0) is 14.3. The highest BCUT2D eigenvalue weighted by atomic mass is 16.5. The van der Waals surface area contributed by atoms with E-state index in [-0.39, 0.29) is 0 Å². The van der Waals surface area contributed by atoms with Crippen molar-refractivity contribution in [3.63, 3.8) is 0 Å². The molecule has 0 aliphatic carbocycles. The summed E-state index contributed by atoms with van der Waals surface area (Å²) < 4.78 is 6.14. The van der Waals surface area contributed by atoms with Crippen molar-refractivity contribution in [3.05, 3.63) is 53.2 Å². The third-order valence-electron chi connectivity index (χ3n) is 3.57. The zero-order valence-corrected chi connectivity index (χ0v) is 11.4. The van der Waals surface area contributed by atoms with Gasteiger partial charge >= 0.3 is 0 Å². The summed E-state index contributed by atoms with van der Waals surface area (Å²) in [6.07, 6.45) is 0. The number of hydrogen-bond donors (Lipinski definition) is 1. The molecule has 4 nitrogen and oxygen atoms in total. The quantitative estimate of drug-likeness (QED) is 0.722. The highest BCUT2D eigenvalue weighted by Gasteiger charge is 2.12. The molecule has 20 heavy (non-hydrogen) atoms. The molecule has 1 heterocycles. The van der Waals surface area contributed by atoms with Gasteiger partial charge in [-0.05, 0) is 42.3 Å². The van der Waals surface area contributed by atoms with Crippen LogP contribution < -0.4 is 10.5 Å². The summed E-state index contributed by atoms with van der Waals surface area (Å²) in [5.41, 5.74) is 9.48. The highest BCUT2D eigenvalue weighted by Crippen LogP contribution is 2.34.